The van der Waals surface area contributed by atoms with Crippen LogP contribution in [0.4, 0.5) is 13.2 Å². The quantitative estimate of drug-likeness (QED) is 0.518. The highest BCUT2D eigenvalue weighted by atomic mass is 19.4. The third-order valence-electron chi connectivity index (χ3n) is 5.56. The van der Waals surface area contributed by atoms with Crippen molar-refractivity contribution >= 4 is 11.6 Å². The second-order valence-corrected chi connectivity index (χ2v) is 7.77. The van der Waals surface area contributed by atoms with Crippen molar-refractivity contribution in [1.82, 2.24) is 19.9 Å². The summed E-state index contributed by atoms with van der Waals surface area (Å²) in [5, 5.41) is 6.58. The summed E-state index contributed by atoms with van der Waals surface area (Å²) in [6.07, 6.45) is -2.82. The highest BCUT2D eigenvalue weighted by Gasteiger charge is 2.36. The molecule has 0 atom stereocenters. The first-order valence-corrected chi connectivity index (χ1v) is 10.7. The van der Waals surface area contributed by atoms with Crippen molar-refractivity contribution in [3.05, 3.63) is 47.8 Å². The second kappa shape index (κ2) is 9.75. The lowest BCUT2D eigenvalue weighted by molar-refractivity contribution is -0.908. The lowest BCUT2D eigenvalue weighted by atomic mass is 10.1. The number of nitrogens with one attached hydrogen (secondary N) is 2. The number of fused-ring (bicyclic) bond motifs is 1. The number of ether oxygens (including phenoxy) is 2. The van der Waals surface area contributed by atoms with Crippen LogP contribution in [0.15, 0.2) is 36.5 Å². The molecule has 1 amide bonds. The van der Waals surface area contributed by atoms with Gasteiger partial charge in [-0.25, -0.2) is 9.50 Å². The molecule has 2 aromatic heterocycles. The van der Waals surface area contributed by atoms with Gasteiger partial charge in [0.1, 0.15) is 24.4 Å². The van der Waals surface area contributed by atoms with Crippen LogP contribution in [0.5, 0.6) is 5.75 Å². The minimum atomic E-state index is -4.69. The molecule has 1 aromatic carbocycles. The Bertz CT molecular complexity index is 1130. The van der Waals surface area contributed by atoms with E-state index in [0.29, 0.717) is 22.4 Å². The van der Waals surface area contributed by atoms with E-state index in [1.54, 1.807) is 24.3 Å². The van der Waals surface area contributed by atoms with E-state index in [0.717, 1.165) is 51.5 Å². The van der Waals surface area contributed by atoms with Gasteiger partial charge in [0, 0.05) is 18.5 Å². The lowest BCUT2D eigenvalue weighted by Gasteiger charge is -2.23. The molecule has 2 N–H and O–H groups in total. The largest absolute Gasteiger partial charge is 0.497 e. The minimum absolute atomic E-state index is 0.0102. The van der Waals surface area contributed by atoms with Crippen molar-refractivity contribution < 1.29 is 32.3 Å². The van der Waals surface area contributed by atoms with Crippen molar-refractivity contribution in [2.75, 3.05) is 46.5 Å². The summed E-state index contributed by atoms with van der Waals surface area (Å²) < 4.78 is 52.5. The number of methoxy groups -OCH3 is 1. The van der Waals surface area contributed by atoms with Crippen LogP contribution in [0, 0.1) is 0 Å². The van der Waals surface area contributed by atoms with Gasteiger partial charge in [-0.2, -0.15) is 18.3 Å². The van der Waals surface area contributed by atoms with Gasteiger partial charge in [0.2, 0.25) is 0 Å². The maximum Gasteiger partial charge on any atom is 0.433 e. The zero-order valence-electron chi connectivity index (χ0n) is 18.1. The molecule has 1 fully saturated rings. The molecule has 0 saturated carbocycles. The number of amides is 1. The fourth-order valence-electron chi connectivity index (χ4n) is 3.80. The third-order valence-corrected chi connectivity index (χ3v) is 5.56. The number of hydrogen-bond acceptors (Lipinski definition) is 5. The molecule has 8 nitrogen and oxygen atoms in total. The Hall–Kier alpha value is -3.18. The molecule has 4 rings (SSSR count). The fourth-order valence-corrected chi connectivity index (χ4v) is 3.80. The number of hydrogen-bond donors (Lipinski definition) is 2. The summed E-state index contributed by atoms with van der Waals surface area (Å²) in [6, 6.07) is 7.48. The number of quaternary nitrogens is 1. The van der Waals surface area contributed by atoms with Gasteiger partial charge in [-0.3, -0.25) is 4.79 Å². The zero-order chi connectivity index (χ0) is 23.4. The van der Waals surface area contributed by atoms with Gasteiger partial charge in [-0.15, -0.1) is 0 Å². The van der Waals surface area contributed by atoms with E-state index >= 15 is 0 Å². The van der Waals surface area contributed by atoms with E-state index in [1.807, 2.05) is 0 Å². The molecule has 33 heavy (non-hydrogen) atoms. The van der Waals surface area contributed by atoms with E-state index in [4.69, 9.17) is 9.47 Å². The SMILES string of the molecule is COc1cccc(-c2cc(C(F)(F)F)n3ncc(C(=O)NCCC[NH+]4CCOCC4)c3n2)c1. The van der Waals surface area contributed by atoms with Crippen molar-refractivity contribution in [2.24, 2.45) is 0 Å². The van der Waals surface area contributed by atoms with Gasteiger partial charge >= 0.3 is 6.18 Å². The number of halogens is 3. The zero-order valence-corrected chi connectivity index (χ0v) is 18.1. The van der Waals surface area contributed by atoms with Crippen molar-refractivity contribution in [2.45, 2.75) is 12.6 Å². The molecule has 0 radical (unpaired) electrons. The number of benzene rings is 1. The second-order valence-electron chi connectivity index (χ2n) is 7.77. The Morgan fingerprint density at radius 1 is 1.27 bits per heavy atom. The fraction of sp³-hybridized carbons (Fsp3) is 0.409. The molecule has 1 aliphatic heterocycles. The van der Waals surface area contributed by atoms with E-state index in [-0.39, 0.29) is 16.9 Å². The normalized spacial score (nSPS) is 15.0. The molecular formula is C22H25F3N5O3+. The number of carbonyl (C=O) groups is 1. The maximum absolute atomic E-state index is 13.8. The Balaban J connectivity index is 1.58. The lowest BCUT2D eigenvalue weighted by Crippen LogP contribution is -3.14. The third kappa shape index (κ3) is 5.25. The molecule has 0 unspecified atom stereocenters. The predicted molar refractivity (Wildman–Crippen MR) is 113 cm³/mol. The van der Waals surface area contributed by atoms with Crippen LogP contribution in [0.25, 0.3) is 16.9 Å². The molecule has 176 valence electrons. The number of alkyl halides is 3. The van der Waals surface area contributed by atoms with E-state index < -0.39 is 17.8 Å². The van der Waals surface area contributed by atoms with Gasteiger partial charge < -0.3 is 19.7 Å². The van der Waals surface area contributed by atoms with E-state index in [1.165, 1.54) is 12.0 Å². The van der Waals surface area contributed by atoms with Crippen LogP contribution in [0.1, 0.15) is 22.5 Å². The van der Waals surface area contributed by atoms with Crippen LogP contribution >= 0.6 is 0 Å². The van der Waals surface area contributed by atoms with Crippen molar-refractivity contribution in [3.8, 4) is 17.0 Å². The molecule has 3 aromatic rings. The number of rotatable bonds is 7. The van der Waals surface area contributed by atoms with Crippen LogP contribution in [0.3, 0.4) is 0 Å². The number of aromatic nitrogens is 3. The van der Waals surface area contributed by atoms with Crippen molar-refractivity contribution in [3.63, 3.8) is 0 Å². The molecular weight excluding hydrogens is 439 g/mol. The Morgan fingerprint density at radius 3 is 2.79 bits per heavy atom. The highest BCUT2D eigenvalue weighted by Crippen LogP contribution is 2.33. The summed E-state index contributed by atoms with van der Waals surface area (Å²) in [6.45, 7) is 4.61. The average molecular weight is 464 g/mol. The first-order valence-electron chi connectivity index (χ1n) is 10.7. The molecule has 3 heterocycles. The number of carbonyl (C=O) groups excluding carboxylic acids is 1. The summed E-state index contributed by atoms with van der Waals surface area (Å²) >= 11 is 0. The van der Waals surface area contributed by atoms with Gasteiger partial charge in [0.05, 0.1) is 38.8 Å². The van der Waals surface area contributed by atoms with Gasteiger partial charge in [0.25, 0.3) is 5.91 Å². The Kier molecular flexibility index (Phi) is 6.80. The Morgan fingerprint density at radius 2 is 2.06 bits per heavy atom. The van der Waals surface area contributed by atoms with Gasteiger partial charge in [-0.05, 0) is 18.2 Å². The first kappa shape index (κ1) is 23.0. The van der Waals surface area contributed by atoms with Crippen LogP contribution in [-0.4, -0.2) is 67.0 Å². The topological polar surface area (TPSA) is 82.2 Å². The highest BCUT2D eigenvalue weighted by molar-refractivity contribution is 5.99. The van der Waals surface area contributed by atoms with Gasteiger partial charge in [-0.1, -0.05) is 12.1 Å². The maximum atomic E-state index is 13.8. The number of nitrogens with zero attached hydrogens (tertiary/aromatic N) is 3. The smallest absolute Gasteiger partial charge is 0.433 e. The number of morpholine rings is 1. The monoisotopic (exact) mass is 464 g/mol. The van der Waals surface area contributed by atoms with E-state index in [2.05, 4.69) is 15.4 Å². The standard InChI is InChI=1S/C22H24F3N5O3/c1-32-16-5-2-4-15(12-16)18-13-19(22(23,24)25)30-20(28-18)17(14-27-30)21(31)26-6-3-7-29-8-10-33-11-9-29/h2,4-5,12-14H,3,6-11H2,1H3,(H,26,31)/p+1. The van der Waals surface area contributed by atoms with Crippen LogP contribution in [0.2, 0.25) is 0 Å². The molecule has 1 saturated heterocycles. The summed E-state index contributed by atoms with van der Waals surface area (Å²) in [5.41, 5.74) is -0.675. The van der Waals surface area contributed by atoms with Crippen LogP contribution < -0.4 is 15.0 Å². The summed E-state index contributed by atoms with van der Waals surface area (Å²) in [5.74, 6) is -0.0259. The minimum Gasteiger partial charge on any atom is -0.497 e. The van der Waals surface area contributed by atoms with E-state index in [9.17, 15) is 18.0 Å². The first-order chi connectivity index (χ1) is 15.9. The van der Waals surface area contributed by atoms with Gasteiger partial charge in [0.15, 0.2) is 11.3 Å². The Labute approximate surface area is 188 Å². The summed E-state index contributed by atoms with van der Waals surface area (Å²) in [7, 11) is 1.47. The van der Waals surface area contributed by atoms with Crippen molar-refractivity contribution in [1.29, 1.82) is 0 Å². The average Bonchev–Trinajstić information content (AvgIpc) is 3.25. The summed E-state index contributed by atoms with van der Waals surface area (Å²) in [4.78, 5) is 18.5. The molecule has 0 aliphatic carbocycles. The molecule has 1 aliphatic rings. The molecule has 11 heteroatoms. The molecule has 0 spiro atoms. The predicted octanol–water partition coefficient (Wildman–Crippen LogP) is 1.46. The van der Waals surface area contributed by atoms with Crippen LogP contribution in [-0.2, 0) is 10.9 Å². The molecule has 0 bridgehead atoms.